The Morgan fingerprint density at radius 1 is 1.29 bits per heavy atom. The number of methoxy groups -OCH3 is 1. The molecule has 0 radical (unpaired) electrons. The van der Waals surface area contributed by atoms with E-state index < -0.39 is 0 Å². The van der Waals surface area contributed by atoms with Crippen molar-refractivity contribution in [2.75, 3.05) is 14.2 Å². The average molecular weight is 191 g/mol. The van der Waals surface area contributed by atoms with Crippen molar-refractivity contribution in [3.8, 4) is 5.75 Å². The maximum absolute atomic E-state index is 5.39. The topological polar surface area (TPSA) is 21.3 Å². The van der Waals surface area contributed by atoms with Crippen LogP contribution >= 0.6 is 0 Å². The predicted octanol–water partition coefficient (Wildman–Crippen LogP) is 2.29. The highest BCUT2D eigenvalue weighted by Gasteiger charge is 2.38. The summed E-state index contributed by atoms with van der Waals surface area (Å²) in [6, 6.07) is 8.29. The lowest BCUT2D eigenvalue weighted by molar-refractivity contribution is 0.194. The number of hydrogen-bond acceptors (Lipinski definition) is 2. The maximum Gasteiger partial charge on any atom is 0.123 e. The summed E-state index contributed by atoms with van der Waals surface area (Å²) >= 11 is 0. The van der Waals surface area contributed by atoms with E-state index in [9.17, 15) is 0 Å². The molecule has 2 nitrogen and oxygen atoms in total. The number of nitrogens with one attached hydrogen (secondary N) is 1. The Morgan fingerprint density at radius 3 is 2.50 bits per heavy atom. The highest BCUT2D eigenvalue weighted by Crippen LogP contribution is 2.44. The van der Waals surface area contributed by atoms with E-state index in [0.717, 1.165) is 5.75 Å². The highest BCUT2D eigenvalue weighted by molar-refractivity contribution is 5.40. The number of para-hydroxylation sites is 1. The van der Waals surface area contributed by atoms with Gasteiger partial charge < -0.3 is 10.1 Å². The van der Waals surface area contributed by atoms with Crippen LogP contribution in [0.2, 0.25) is 0 Å². The molecule has 14 heavy (non-hydrogen) atoms. The van der Waals surface area contributed by atoms with Crippen molar-refractivity contribution in [1.82, 2.24) is 5.32 Å². The summed E-state index contributed by atoms with van der Waals surface area (Å²) < 4.78 is 5.39. The number of rotatable bonds is 3. The van der Waals surface area contributed by atoms with Crippen LogP contribution in [0.4, 0.5) is 0 Å². The molecule has 0 amide bonds. The molecule has 1 fully saturated rings. The molecular formula is C12H17NO. The lowest BCUT2D eigenvalue weighted by atomic mass is 9.71. The van der Waals surface area contributed by atoms with Crippen LogP contribution in [0.1, 0.15) is 24.8 Å². The second kappa shape index (κ2) is 3.62. The Morgan fingerprint density at radius 2 is 2.00 bits per heavy atom. The van der Waals surface area contributed by atoms with Gasteiger partial charge in [-0.1, -0.05) is 18.2 Å². The van der Waals surface area contributed by atoms with E-state index >= 15 is 0 Å². The maximum atomic E-state index is 5.39. The molecule has 1 N–H and O–H groups in total. The van der Waals surface area contributed by atoms with Gasteiger partial charge in [-0.05, 0) is 32.4 Å². The fourth-order valence-corrected chi connectivity index (χ4v) is 2.22. The summed E-state index contributed by atoms with van der Waals surface area (Å²) in [5.41, 5.74) is 1.48. The van der Waals surface area contributed by atoms with Crippen molar-refractivity contribution in [3.63, 3.8) is 0 Å². The molecule has 1 aliphatic carbocycles. The Bertz CT molecular complexity index is 312. The van der Waals surface area contributed by atoms with Gasteiger partial charge in [0.2, 0.25) is 0 Å². The van der Waals surface area contributed by atoms with Gasteiger partial charge in [0, 0.05) is 11.1 Å². The molecule has 0 atom stereocenters. The quantitative estimate of drug-likeness (QED) is 0.791. The first kappa shape index (κ1) is 9.53. The van der Waals surface area contributed by atoms with Crippen molar-refractivity contribution in [2.45, 2.75) is 24.8 Å². The molecule has 0 unspecified atom stereocenters. The molecule has 1 aromatic carbocycles. The van der Waals surface area contributed by atoms with Gasteiger partial charge in [-0.2, -0.15) is 0 Å². The number of hydrogen-bond donors (Lipinski definition) is 1. The average Bonchev–Trinajstić information content (AvgIpc) is 2.18. The minimum absolute atomic E-state index is 0.173. The van der Waals surface area contributed by atoms with Gasteiger partial charge in [-0.15, -0.1) is 0 Å². The fourth-order valence-electron chi connectivity index (χ4n) is 2.22. The minimum atomic E-state index is 0.173. The largest absolute Gasteiger partial charge is 0.496 e. The van der Waals surface area contributed by atoms with E-state index in [1.165, 1.54) is 24.8 Å². The van der Waals surface area contributed by atoms with Crippen molar-refractivity contribution < 1.29 is 4.74 Å². The summed E-state index contributed by atoms with van der Waals surface area (Å²) in [5.74, 6) is 1.00. The van der Waals surface area contributed by atoms with Gasteiger partial charge in [0.05, 0.1) is 7.11 Å². The van der Waals surface area contributed by atoms with Crippen molar-refractivity contribution in [3.05, 3.63) is 29.8 Å². The van der Waals surface area contributed by atoms with Crippen LogP contribution in [-0.4, -0.2) is 14.2 Å². The third-order valence-corrected chi connectivity index (χ3v) is 3.31. The van der Waals surface area contributed by atoms with Gasteiger partial charge in [0.25, 0.3) is 0 Å². The molecule has 0 saturated heterocycles. The Hall–Kier alpha value is -1.02. The second-order valence-corrected chi connectivity index (χ2v) is 3.89. The van der Waals surface area contributed by atoms with Gasteiger partial charge in [0.15, 0.2) is 0 Å². The Labute approximate surface area is 85.3 Å². The molecule has 1 saturated carbocycles. The summed E-state index contributed by atoms with van der Waals surface area (Å²) in [4.78, 5) is 0. The van der Waals surface area contributed by atoms with Crippen LogP contribution in [-0.2, 0) is 5.54 Å². The molecule has 76 valence electrons. The van der Waals surface area contributed by atoms with Gasteiger partial charge in [0.1, 0.15) is 5.75 Å². The zero-order chi connectivity index (χ0) is 10.0. The second-order valence-electron chi connectivity index (χ2n) is 3.89. The van der Waals surface area contributed by atoms with Gasteiger partial charge in [-0.3, -0.25) is 0 Å². The van der Waals surface area contributed by atoms with E-state index in [0.29, 0.717) is 0 Å². The number of benzene rings is 1. The summed E-state index contributed by atoms with van der Waals surface area (Å²) in [6.07, 6.45) is 3.73. The smallest absolute Gasteiger partial charge is 0.123 e. The first-order valence-corrected chi connectivity index (χ1v) is 5.15. The molecule has 0 spiro atoms. The summed E-state index contributed by atoms with van der Waals surface area (Å²) in [6.45, 7) is 0. The molecular weight excluding hydrogens is 174 g/mol. The highest BCUT2D eigenvalue weighted by atomic mass is 16.5. The van der Waals surface area contributed by atoms with Crippen molar-refractivity contribution in [1.29, 1.82) is 0 Å². The zero-order valence-corrected chi connectivity index (χ0v) is 8.84. The Balaban J connectivity index is 2.38. The molecule has 1 aliphatic rings. The van der Waals surface area contributed by atoms with E-state index in [-0.39, 0.29) is 5.54 Å². The van der Waals surface area contributed by atoms with E-state index in [1.54, 1.807) is 7.11 Å². The van der Waals surface area contributed by atoms with Crippen LogP contribution in [0.5, 0.6) is 5.75 Å². The SMILES string of the molecule is CNC1(c2ccccc2OC)CCC1. The summed E-state index contributed by atoms with van der Waals surface area (Å²) in [7, 11) is 3.77. The molecule has 0 bridgehead atoms. The molecule has 0 heterocycles. The fraction of sp³-hybridized carbons (Fsp3) is 0.500. The van der Waals surface area contributed by atoms with Crippen molar-refractivity contribution in [2.24, 2.45) is 0 Å². The van der Waals surface area contributed by atoms with Crippen LogP contribution in [0.15, 0.2) is 24.3 Å². The first-order chi connectivity index (χ1) is 6.82. The third-order valence-electron chi connectivity index (χ3n) is 3.31. The van der Waals surface area contributed by atoms with Gasteiger partial charge >= 0.3 is 0 Å². The van der Waals surface area contributed by atoms with E-state index in [4.69, 9.17) is 4.74 Å². The van der Waals surface area contributed by atoms with E-state index in [1.807, 2.05) is 19.2 Å². The lowest BCUT2D eigenvalue weighted by Crippen LogP contribution is -2.46. The minimum Gasteiger partial charge on any atom is -0.496 e. The molecule has 2 heteroatoms. The predicted molar refractivity (Wildman–Crippen MR) is 57.6 cm³/mol. The zero-order valence-electron chi connectivity index (χ0n) is 8.84. The van der Waals surface area contributed by atoms with E-state index in [2.05, 4.69) is 17.4 Å². The van der Waals surface area contributed by atoms with Crippen LogP contribution in [0.25, 0.3) is 0 Å². The normalized spacial score (nSPS) is 18.7. The van der Waals surface area contributed by atoms with Crippen LogP contribution in [0.3, 0.4) is 0 Å². The molecule has 0 aromatic heterocycles. The van der Waals surface area contributed by atoms with Crippen LogP contribution in [0, 0.1) is 0 Å². The van der Waals surface area contributed by atoms with Gasteiger partial charge in [-0.25, -0.2) is 0 Å². The standard InChI is InChI=1S/C12H17NO/c1-13-12(8-5-9-12)10-6-3-4-7-11(10)14-2/h3-4,6-7,13H,5,8-9H2,1-2H3. The first-order valence-electron chi connectivity index (χ1n) is 5.15. The third kappa shape index (κ3) is 1.30. The monoisotopic (exact) mass is 191 g/mol. The van der Waals surface area contributed by atoms with Crippen LogP contribution < -0.4 is 10.1 Å². The lowest BCUT2D eigenvalue weighted by Gasteiger charge is -2.42. The molecule has 1 aromatic rings. The van der Waals surface area contributed by atoms with Crippen molar-refractivity contribution >= 4 is 0 Å². The number of ether oxygens (including phenoxy) is 1. The summed E-state index contributed by atoms with van der Waals surface area (Å²) in [5, 5.41) is 3.43. The molecule has 2 rings (SSSR count). The molecule has 0 aliphatic heterocycles. The Kier molecular flexibility index (Phi) is 2.46.